The van der Waals surface area contributed by atoms with E-state index in [1.807, 2.05) is 24.3 Å². The lowest BCUT2D eigenvalue weighted by Crippen LogP contribution is -2.29. The summed E-state index contributed by atoms with van der Waals surface area (Å²) in [5.41, 5.74) is 9.05. The van der Waals surface area contributed by atoms with Crippen molar-refractivity contribution in [3.8, 4) is 0 Å². The van der Waals surface area contributed by atoms with Gasteiger partial charge in [-0.2, -0.15) is 0 Å². The van der Waals surface area contributed by atoms with Gasteiger partial charge in [-0.05, 0) is 57.0 Å². The molecule has 0 amide bonds. The van der Waals surface area contributed by atoms with E-state index in [0.29, 0.717) is 12.0 Å². The number of nitrogen functional groups attached to an aromatic ring is 1. The zero-order valence-electron chi connectivity index (χ0n) is 12.8. The lowest BCUT2D eigenvalue weighted by atomic mass is 10.1. The molecule has 3 N–H and O–H groups in total. The summed E-state index contributed by atoms with van der Waals surface area (Å²) in [6.45, 7) is 7.91. The molecule has 4 nitrogen and oxygen atoms in total. The average molecular weight is 284 g/mol. The maximum atomic E-state index is 6.27. The molecule has 1 aromatic heterocycles. The number of nitrogens with zero attached hydrogens (tertiary/aromatic N) is 2. The monoisotopic (exact) mass is 284 g/mol. The van der Waals surface area contributed by atoms with Crippen LogP contribution in [0.2, 0.25) is 0 Å². The van der Waals surface area contributed by atoms with Gasteiger partial charge in [-0.15, -0.1) is 0 Å². The van der Waals surface area contributed by atoms with E-state index in [4.69, 9.17) is 5.73 Å². The summed E-state index contributed by atoms with van der Waals surface area (Å²) in [5, 5.41) is 4.55. The molecule has 0 radical (unpaired) electrons. The van der Waals surface area contributed by atoms with Crippen molar-refractivity contribution in [3.05, 3.63) is 30.5 Å². The summed E-state index contributed by atoms with van der Waals surface area (Å²) in [7, 11) is 0. The van der Waals surface area contributed by atoms with E-state index in [0.717, 1.165) is 28.8 Å². The van der Waals surface area contributed by atoms with Crippen molar-refractivity contribution in [2.24, 2.45) is 5.92 Å². The van der Waals surface area contributed by atoms with E-state index >= 15 is 0 Å². The first-order chi connectivity index (χ1) is 10.1. The minimum absolute atomic E-state index is 0.645. The lowest BCUT2D eigenvalue weighted by Gasteiger charge is -2.20. The predicted octanol–water partition coefficient (Wildman–Crippen LogP) is 2.96. The van der Waals surface area contributed by atoms with Crippen LogP contribution in [0.3, 0.4) is 0 Å². The van der Waals surface area contributed by atoms with Crippen LogP contribution < -0.4 is 11.1 Å². The Morgan fingerprint density at radius 1 is 1.38 bits per heavy atom. The quantitative estimate of drug-likeness (QED) is 0.848. The van der Waals surface area contributed by atoms with E-state index in [-0.39, 0.29) is 0 Å². The zero-order chi connectivity index (χ0) is 14.8. The molecule has 1 aliphatic rings. The third-order valence-electron chi connectivity index (χ3n) is 4.46. The van der Waals surface area contributed by atoms with Crippen molar-refractivity contribution in [1.82, 2.24) is 9.88 Å². The van der Waals surface area contributed by atoms with Crippen molar-refractivity contribution in [2.75, 3.05) is 30.7 Å². The number of pyridine rings is 1. The maximum Gasteiger partial charge on any atom is 0.0724 e. The van der Waals surface area contributed by atoms with Crippen LogP contribution in [0.25, 0.3) is 10.9 Å². The number of nitrogens with two attached hydrogens (primary N) is 1. The molecule has 1 aromatic carbocycles. The largest absolute Gasteiger partial charge is 0.397 e. The van der Waals surface area contributed by atoms with E-state index in [9.17, 15) is 0 Å². The van der Waals surface area contributed by atoms with Gasteiger partial charge in [0.2, 0.25) is 0 Å². The molecular weight excluding hydrogens is 260 g/mol. The highest BCUT2D eigenvalue weighted by molar-refractivity contribution is 5.96. The third-order valence-corrected chi connectivity index (χ3v) is 4.46. The molecule has 1 unspecified atom stereocenters. The van der Waals surface area contributed by atoms with Crippen molar-refractivity contribution < 1.29 is 0 Å². The average Bonchev–Trinajstić information content (AvgIpc) is 2.96. The van der Waals surface area contributed by atoms with Crippen molar-refractivity contribution in [2.45, 2.75) is 26.3 Å². The highest BCUT2D eigenvalue weighted by atomic mass is 15.2. The summed E-state index contributed by atoms with van der Waals surface area (Å²) >= 11 is 0. The number of aromatic nitrogens is 1. The fourth-order valence-corrected chi connectivity index (χ4v) is 3.08. The molecule has 0 aliphatic carbocycles. The number of hydrogen-bond donors (Lipinski definition) is 2. The fraction of sp³-hybridized carbons (Fsp3) is 0.471. The summed E-state index contributed by atoms with van der Waals surface area (Å²) in [6.07, 6.45) is 3.06. The van der Waals surface area contributed by atoms with Crippen LogP contribution in [0.4, 0.5) is 11.4 Å². The van der Waals surface area contributed by atoms with Gasteiger partial charge in [0.1, 0.15) is 0 Å². The highest BCUT2D eigenvalue weighted by Crippen LogP contribution is 2.28. The number of benzene rings is 1. The van der Waals surface area contributed by atoms with Crippen molar-refractivity contribution in [3.63, 3.8) is 0 Å². The number of nitrogens with one attached hydrogen (secondary N) is 1. The smallest absolute Gasteiger partial charge is 0.0724 e. The molecule has 2 aromatic rings. The van der Waals surface area contributed by atoms with Crippen LogP contribution >= 0.6 is 0 Å². The molecule has 0 spiro atoms. The van der Waals surface area contributed by atoms with E-state index < -0.39 is 0 Å². The highest BCUT2D eigenvalue weighted by Gasteiger charge is 2.23. The van der Waals surface area contributed by atoms with Crippen LogP contribution in [0.15, 0.2) is 30.5 Å². The second kappa shape index (κ2) is 5.90. The van der Waals surface area contributed by atoms with Gasteiger partial charge in [0.15, 0.2) is 0 Å². The molecule has 1 aliphatic heterocycles. The molecule has 3 rings (SSSR count). The van der Waals surface area contributed by atoms with Crippen LogP contribution in [-0.2, 0) is 0 Å². The van der Waals surface area contributed by atoms with E-state index in [1.54, 1.807) is 6.20 Å². The van der Waals surface area contributed by atoms with Crippen LogP contribution in [0.1, 0.15) is 20.3 Å². The predicted molar refractivity (Wildman–Crippen MR) is 89.5 cm³/mol. The van der Waals surface area contributed by atoms with Crippen LogP contribution in [-0.4, -0.2) is 35.6 Å². The minimum atomic E-state index is 0.645. The number of likely N-dealkylation sites (tertiary alicyclic amines) is 1. The van der Waals surface area contributed by atoms with Gasteiger partial charge in [-0.1, -0.05) is 0 Å². The first kappa shape index (κ1) is 14.1. The fourth-order valence-electron chi connectivity index (χ4n) is 3.08. The molecule has 1 fully saturated rings. The molecule has 112 valence electrons. The molecule has 0 saturated carbocycles. The van der Waals surface area contributed by atoms with Gasteiger partial charge in [-0.25, -0.2) is 0 Å². The number of rotatable bonds is 4. The molecule has 1 atom stereocenters. The second-order valence-electron chi connectivity index (χ2n) is 6.22. The Labute approximate surface area is 126 Å². The Morgan fingerprint density at radius 2 is 2.24 bits per heavy atom. The van der Waals surface area contributed by atoms with E-state index in [1.165, 1.54) is 19.5 Å². The summed E-state index contributed by atoms with van der Waals surface area (Å²) in [4.78, 5) is 6.88. The van der Waals surface area contributed by atoms with Gasteiger partial charge in [0, 0.05) is 30.7 Å². The summed E-state index contributed by atoms with van der Waals surface area (Å²) < 4.78 is 0. The van der Waals surface area contributed by atoms with Gasteiger partial charge in [0.25, 0.3) is 0 Å². The van der Waals surface area contributed by atoms with Gasteiger partial charge < -0.3 is 16.0 Å². The van der Waals surface area contributed by atoms with Gasteiger partial charge in [0.05, 0.1) is 16.9 Å². The topological polar surface area (TPSA) is 54.2 Å². The van der Waals surface area contributed by atoms with Crippen molar-refractivity contribution in [1.29, 1.82) is 0 Å². The normalized spacial score (nSPS) is 19.5. The van der Waals surface area contributed by atoms with Crippen molar-refractivity contribution >= 4 is 22.3 Å². The molecule has 4 heteroatoms. The number of hydrogen-bond acceptors (Lipinski definition) is 4. The Balaban J connectivity index is 1.67. The standard InChI is InChI=1S/C17H24N4/c1-12(2)21-9-7-13(11-21)10-20-16-6-5-15-14(17(16)18)4-3-8-19-15/h3-6,8,12-13,20H,7,9-11,18H2,1-2H3. The Hall–Kier alpha value is -1.81. The van der Waals surface area contributed by atoms with Gasteiger partial charge in [-0.3, -0.25) is 4.98 Å². The van der Waals surface area contributed by atoms with Gasteiger partial charge >= 0.3 is 0 Å². The SMILES string of the molecule is CC(C)N1CCC(CNc2ccc3ncccc3c2N)C1. The van der Waals surface area contributed by atoms with Crippen LogP contribution in [0.5, 0.6) is 0 Å². The minimum Gasteiger partial charge on any atom is -0.397 e. The lowest BCUT2D eigenvalue weighted by molar-refractivity contribution is 0.266. The number of fused-ring (bicyclic) bond motifs is 1. The Bertz CT molecular complexity index is 623. The Kier molecular flexibility index (Phi) is 3.97. The summed E-state index contributed by atoms with van der Waals surface area (Å²) in [5.74, 6) is 0.705. The van der Waals surface area contributed by atoms with E-state index in [2.05, 4.69) is 29.0 Å². The Morgan fingerprint density at radius 3 is 3.00 bits per heavy atom. The summed E-state index contributed by atoms with van der Waals surface area (Å²) in [6, 6.07) is 8.67. The molecule has 21 heavy (non-hydrogen) atoms. The van der Waals surface area contributed by atoms with Crippen LogP contribution in [0, 0.1) is 5.92 Å². The molecule has 1 saturated heterocycles. The second-order valence-corrected chi connectivity index (χ2v) is 6.22. The molecule has 2 heterocycles. The third kappa shape index (κ3) is 2.95. The number of anilines is 2. The zero-order valence-corrected chi connectivity index (χ0v) is 12.8. The first-order valence-electron chi connectivity index (χ1n) is 7.76. The molecule has 0 bridgehead atoms. The first-order valence-corrected chi connectivity index (χ1v) is 7.76. The molecular formula is C17H24N4. The maximum absolute atomic E-state index is 6.27.